The van der Waals surface area contributed by atoms with Crippen molar-refractivity contribution in [1.82, 2.24) is 19.5 Å². The molecular formula is C23H28N4OS. The highest BCUT2D eigenvalue weighted by Gasteiger charge is 2.14. The van der Waals surface area contributed by atoms with Crippen LogP contribution < -0.4 is 4.74 Å². The highest BCUT2D eigenvalue weighted by Crippen LogP contribution is 2.34. The van der Waals surface area contributed by atoms with Crippen LogP contribution in [0.15, 0.2) is 48.0 Å². The zero-order valence-corrected chi connectivity index (χ0v) is 18.2. The number of rotatable bonds is 9. The maximum absolute atomic E-state index is 6.13. The Labute approximate surface area is 175 Å². The fraction of sp³-hybridized carbons (Fsp3) is 0.391. The molecule has 0 bridgehead atoms. The van der Waals surface area contributed by atoms with Crippen LogP contribution in [0.25, 0.3) is 27.0 Å². The second kappa shape index (κ2) is 8.93. The van der Waals surface area contributed by atoms with E-state index >= 15 is 0 Å². The molecule has 4 aromatic rings. The number of imidazole rings is 1. The molecule has 1 unspecified atom stereocenters. The van der Waals surface area contributed by atoms with Gasteiger partial charge in [-0.15, -0.1) is 16.4 Å². The Morgan fingerprint density at radius 2 is 1.97 bits per heavy atom. The SMILES string of the molecule is CCN(CC)CCCC(C)Oc1ccc2ncc(-c3csc4ccccc34)n2n1. The molecule has 0 saturated heterocycles. The van der Waals surface area contributed by atoms with Crippen molar-refractivity contribution in [3.05, 3.63) is 48.0 Å². The average molecular weight is 409 g/mol. The Bertz CT molecular complexity index is 1080. The van der Waals surface area contributed by atoms with Crippen LogP contribution in [0, 0.1) is 0 Å². The molecule has 0 saturated carbocycles. The second-order valence-electron chi connectivity index (χ2n) is 7.33. The Balaban J connectivity index is 1.51. The Hall–Kier alpha value is -2.44. The summed E-state index contributed by atoms with van der Waals surface area (Å²) in [7, 11) is 0. The quantitative estimate of drug-likeness (QED) is 0.367. The first-order valence-corrected chi connectivity index (χ1v) is 11.3. The van der Waals surface area contributed by atoms with Gasteiger partial charge in [0.1, 0.15) is 0 Å². The molecule has 0 aliphatic carbocycles. The maximum Gasteiger partial charge on any atom is 0.232 e. The number of hydrogen-bond donors (Lipinski definition) is 0. The number of fused-ring (bicyclic) bond motifs is 2. The first-order valence-electron chi connectivity index (χ1n) is 10.4. The molecule has 0 aliphatic rings. The predicted octanol–water partition coefficient (Wildman–Crippen LogP) is 5.50. The summed E-state index contributed by atoms with van der Waals surface area (Å²) in [5.41, 5.74) is 2.99. The average Bonchev–Trinajstić information content (AvgIpc) is 3.34. The number of benzene rings is 1. The summed E-state index contributed by atoms with van der Waals surface area (Å²) < 4.78 is 9.29. The van der Waals surface area contributed by atoms with Gasteiger partial charge in [0, 0.05) is 27.1 Å². The van der Waals surface area contributed by atoms with Gasteiger partial charge < -0.3 is 9.64 Å². The lowest BCUT2D eigenvalue weighted by Gasteiger charge is -2.19. The lowest BCUT2D eigenvalue weighted by atomic mass is 10.1. The maximum atomic E-state index is 6.13. The Kier molecular flexibility index (Phi) is 6.11. The van der Waals surface area contributed by atoms with E-state index in [-0.39, 0.29) is 6.10 Å². The minimum Gasteiger partial charge on any atom is -0.474 e. The fourth-order valence-electron chi connectivity index (χ4n) is 3.69. The van der Waals surface area contributed by atoms with E-state index in [1.807, 2.05) is 22.8 Å². The van der Waals surface area contributed by atoms with Gasteiger partial charge >= 0.3 is 0 Å². The van der Waals surface area contributed by atoms with Crippen molar-refractivity contribution in [2.75, 3.05) is 19.6 Å². The third-order valence-electron chi connectivity index (χ3n) is 5.40. The van der Waals surface area contributed by atoms with Crippen LogP contribution in [0.4, 0.5) is 0 Å². The molecule has 1 aromatic carbocycles. The smallest absolute Gasteiger partial charge is 0.232 e. The van der Waals surface area contributed by atoms with E-state index in [2.05, 4.69) is 60.3 Å². The number of aromatic nitrogens is 3. The third-order valence-corrected chi connectivity index (χ3v) is 6.36. The molecule has 0 radical (unpaired) electrons. The highest BCUT2D eigenvalue weighted by molar-refractivity contribution is 7.17. The number of hydrogen-bond acceptors (Lipinski definition) is 5. The van der Waals surface area contributed by atoms with Gasteiger partial charge in [0.2, 0.25) is 5.88 Å². The van der Waals surface area contributed by atoms with E-state index in [4.69, 9.17) is 9.84 Å². The van der Waals surface area contributed by atoms with Crippen molar-refractivity contribution in [3.8, 4) is 17.1 Å². The number of thiophene rings is 1. The van der Waals surface area contributed by atoms with E-state index in [0.717, 1.165) is 49.4 Å². The Morgan fingerprint density at radius 3 is 2.79 bits per heavy atom. The van der Waals surface area contributed by atoms with Crippen LogP contribution >= 0.6 is 11.3 Å². The van der Waals surface area contributed by atoms with Gasteiger partial charge in [-0.25, -0.2) is 9.50 Å². The van der Waals surface area contributed by atoms with Crippen molar-refractivity contribution in [3.63, 3.8) is 0 Å². The summed E-state index contributed by atoms with van der Waals surface area (Å²) in [6.07, 6.45) is 4.17. The van der Waals surface area contributed by atoms with Crippen molar-refractivity contribution >= 4 is 27.1 Å². The minimum atomic E-state index is 0.129. The predicted molar refractivity (Wildman–Crippen MR) is 121 cm³/mol. The van der Waals surface area contributed by atoms with Crippen LogP contribution in [-0.2, 0) is 0 Å². The highest BCUT2D eigenvalue weighted by atomic mass is 32.1. The molecule has 152 valence electrons. The minimum absolute atomic E-state index is 0.129. The van der Waals surface area contributed by atoms with Gasteiger partial charge in [0.15, 0.2) is 5.65 Å². The Morgan fingerprint density at radius 1 is 1.14 bits per heavy atom. The summed E-state index contributed by atoms with van der Waals surface area (Å²) in [5, 5.41) is 8.15. The zero-order valence-electron chi connectivity index (χ0n) is 17.3. The summed E-state index contributed by atoms with van der Waals surface area (Å²) in [5.74, 6) is 0.645. The van der Waals surface area contributed by atoms with Crippen molar-refractivity contribution in [2.45, 2.75) is 39.7 Å². The third kappa shape index (κ3) is 4.28. The van der Waals surface area contributed by atoms with Gasteiger partial charge in [0.05, 0.1) is 18.0 Å². The van der Waals surface area contributed by atoms with Crippen LogP contribution in [0.2, 0.25) is 0 Å². The first-order chi connectivity index (χ1) is 14.2. The van der Waals surface area contributed by atoms with E-state index in [9.17, 15) is 0 Å². The lowest BCUT2D eigenvalue weighted by Crippen LogP contribution is -2.25. The molecule has 3 heterocycles. The van der Waals surface area contributed by atoms with Crippen molar-refractivity contribution in [1.29, 1.82) is 0 Å². The molecule has 0 amide bonds. The molecule has 0 spiro atoms. The molecule has 6 heteroatoms. The van der Waals surface area contributed by atoms with Gasteiger partial charge in [-0.2, -0.15) is 0 Å². The molecule has 29 heavy (non-hydrogen) atoms. The number of nitrogens with zero attached hydrogens (tertiary/aromatic N) is 4. The van der Waals surface area contributed by atoms with E-state index in [1.54, 1.807) is 11.3 Å². The van der Waals surface area contributed by atoms with Crippen LogP contribution in [0.3, 0.4) is 0 Å². The molecule has 3 aromatic heterocycles. The molecular weight excluding hydrogens is 380 g/mol. The standard InChI is InChI=1S/C23H28N4OS/c1-4-26(5-2)14-8-9-17(3)28-23-13-12-22-24-15-20(27(22)25-23)19-16-29-21-11-7-6-10-18(19)21/h6-7,10-13,15-17H,4-5,8-9,14H2,1-3H3. The molecule has 1 atom stereocenters. The summed E-state index contributed by atoms with van der Waals surface area (Å²) in [6, 6.07) is 12.3. The lowest BCUT2D eigenvalue weighted by molar-refractivity contribution is 0.186. The van der Waals surface area contributed by atoms with E-state index < -0.39 is 0 Å². The van der Waals surface area contributed by atoms with Crippen LogP contribution in [0.5, 0.6) is 5.88 Å². The first kappa shape index (κ1) is 19.9. The van der Waals surface area contributed by atoms with E-state index in [1.165, 1.54) is 10.1 Å². The molecule has 4 rings (SSSR count). The van der Waals surface area contributed by atoms with Gasteiger partial charge in [0.25, 0.3) is 0 Å². The topological polar surface area (TPSA) is 42.7 Å². The van der Waals surface area contributed by atoms with Crippen LogP contribution in [0.1, 0.15) is 33.6 Å². The zero-order chi connectivity index (χ0) is 20.2. The molecule has 0 N–H and O–H groups in total. The summed E-state index contributed by atoms with van der Waals surface area (Å²) in [6.45, 7) is 9.86. The van der Waals surface area contributed by atoms with Gasteiger partial charge in [-0.05, 0) is 51.5 Å². The normalized spacial score (nSPS) is 12.8. The molecule has 5 nitrogen and oxygen atoms in total. The number of ether oxygens (including phenoxy) is 1. The second-order valence-corrected chi connectivity index (χ2v) is 8.24. The molecule has 0 aliphatic heterocycles. The van der Waals surface area contributed by atoms with Gasteiger partial charge in [-0.1, -0.05) is 32.0 Å². The summed E-state index contributed by atoms with van der Waals surface area (Å²) >= 11 is 1.75. The van der Waals surface area contributed by atoms with Crippen molar-refractivity contribution in [2.24, 2.45) is 0 Å². The van der Waals surface area contributed by atoms with Crippen LogP contribution in [-0.4, -0.2) is 45.2 Å². The van der Waals surface area contributed by atoms with E-state index in [0.29, 0.717) is 5.88 Å². The largest absolute Gasteiger partial charge is 0.474 e. The monoisotopic (exact) mass is 408 g/mol. The fourth-order valence-corrected chi connectivity index (χ4v) is 4.64. The van der Waals surface area contributed by atoms with Crippen molar-refractivity contribution < 1.29 is 4.74 Å². The summed E-state index contributed by atoms with van der Waals surface area (Å²) in [4.78, 5) is 6.98. The van der Waals surface area contributed by atoms with Gasteiger partial charge in [-0.3, -0.25) is 0 Å². The molecule has 0 fully saturated rings.